The molecule has 1 heterocycles. The number of carbonyl (C=O) groups is 2. The lowest BCUT2D eigenvalue weighted by Crippen LogP contribution is -2.45. The summed E-state index contributed by atoms with van der Waals surface area (Å²) in [5.41, 5.74) is 0.935. The second-order valence-corrected chi connectivity index (χ2v) is 8.46. The van der Waals surface area contributed by atoms with Crippen LogP contribution in [0.3, 0.4) is 0 Å². The Morgan fingerprint density at radius 3 is 2.44 bits per heavy atom. The summed E-state index contributed by atoms with van der Waals surface area (Å²) in [6.45, 7) is 5.10. The van der Waals surface area contributed by atoms with E-state index in [2.05, 4.69) is 10.6 Å². The predicted octanol–water partition coefficient (Wildman–Crippen LogP) is 0.446. The van der Waals surface area contributed by atoms with E-state index >= 15 is 0 Å². The molecule has 8 nitrogen and oxygen atoms in total. The van der Waals surface area contributed by atoms with Gasteiger partial charge in [0.2, 0.25) is 0 Å². The first-order valence-corrected chi connectivity index (χ1v) is 10.8. The summed E-state index contributed by atoms with van der Waals surface area (Å²) in [5, 5.41) is 5.01. The molecular weight excluding hydrogens is 372 g/mol. The third-order valence-electron chi connectivity index (χ3n) is 4.08. The predicted molar refractivity (Wildman–Crippen MR) is 101 cm³/mol. The van der Waals surface area contributed by atoms with Crippen molar-refractivity contribution in [3.05, 3.63) is 23.8 Å². The van der Waals surface area contributed by atoms with Crippen LogP contribution >= 0.6 is 0 Å². The Bertz CT molecular complexity index is 778. The highest BCUT2D eigenvalue weighted by Gasteiger charge is 2.30. The van der Waals surface area contributed by atoms with E-state index in [1.54, 1.807) is 0 Å². The van der Waals surface area contributed by atoms with Crippen molar-refractivity contribution in [3.8, 4) is 11.5 Å². The highest BCUT2D eigenvalue weighted by Crippen LogP contribution is 2.28. The number of ether oxygens (including phenoxy) is 2. The molecule has 1 fully saturated rings. The minimum atomic E-state index is -3.10. The van der Waals surface area contributed by atoms with Gasteiger partial charge >= 0.3 is 11.8 Å². The lowest BCUT2D eigenvalue weighted by Gasteiger charge is -2.13. The zero-order valence-electron chi connectivity index (χ0n) is 15.6. The molecule has 27 heavy (non-hydrogen) atoms. The summed E-state index contributed by atoms with van der Waals surface area (Å²) in [6.07, 6.45) is 0.858. The highest BCUT2D eigenvalue weighted by atomic mass is 32.2. The summed E-state index contributed by atoms with van der Waals surface area (Å²) in [7, 11) is -3.10. The first kappa shape index (κ1) is 21.0. The van der Waals surface area contributed by atoms with E-state index in [0.29, 0.717) is 37.6 Å². The van der Waals surface area contributed by atoms with Crippen LogP contribution < -0.4 is 20.1 Å². The van der Waals surface area contributed by atoms with Crippen molar-refractivity contribution >= 4 is 21.7 Å². The molecule has 2 amide bonds. The van der Waals surface area contributed by atoms with Crippen LogP contribution in [0.4, 0.5) is 0 Å². The van der Waals surface area contributed by atoms with E-state index in [4.69, 9.17) is 9.47 Å². The summed E-state index contributed by atoms with van der Waals surface area (Å²) in [5.74, 6) is -0.340. The Morgan fingerprint density at radius 2 is 1.81 bits per heavy atom. The minimum Gasteiger partial charge on any atom is -0.490 e. The van der Waals surface area contributed by atoms with Gasteiger partial charge in [-0.05, 0) is 44.4 Å². The molecule has 1 aromatic carbocycles. The lowest BCUT2D eigenvalue weighted by atomic mass is 10.1. The van der Waals surface area contributed by atoms with E-state index in [9.17, 15) is 18.0 Å². The monoisotopic (exact) mass is 398 g/mol. The van der Waals surface area contributed by atoms with Crippen LogP contribution in [0, 0.1) is 0 Å². The number of sulfone groups is 1. The van der Waals surface area contributed by atoms with Crippen molar-refractivity contribution in [3.63, 3.8) is 0 Å². The number of rotatable bonds is 8. The van der Waals surface area contributed by atoms with Crippen molar-refractivity contribution in [1.82, 2.24) is 10.6 Å². The summed E-state index contributed by atoms with van der Waals surface area (Å²) in [4.78, 5) is 23.7. The van der Waals surface area contributed by atoms with Gasteiger partial charge in [0, 0.05) is 12.6 Å². The maximum atomic E-state index is 11.9. The van der Waals surface area contributed by atoms with Crippen LogP contribution in [0.2, 0.25) is 0 Å². The molecule has 1 aliphatic rings. The average Bonchev–Trinajstić information content (AvgIpc) is 2.95. The Labute approximate surface area is 159 Å². The molecule has 0 aliphatic carbocycles. The maximum Gasteiger partial charge on any atom is 0.309 e. The zero-order valence-corrected chi connectivity index (χ0v) is 16.4. The maximum absolute atomic E-state index is 11.9. The second kappa shape index (κ2) is 9.59. The first-order chi connectivity index (χ1) is 12.8. The quantitative estimate of drug-likeness (QED) is 0.615. The number of nitrogens with one attached hydrogen (secondary N) is 2. The number of hydrogen-bond donors (Lipinski definition) is 2. The summed E-state index contributed by atoms with van der Waals surface area (Å²) >= 11 is 0. The smallest absolute Gasteiger partial charge is 0.309 e. The molecule has 0 aromatic heterocycles. The fourth-order valence-electron chi connectivity index (χ4n) is 2.81. The molecular formula is C18H26N2O6S. The van der Waals surface area contributed by atoms with Crippen LogP contribution in [0.1, 0.15) is 25.8 Å². The molecule has 2 N–H and O–H groups in total. The Balaban J connectivity index is 1.82. The van der Waals surface area contributed by atoms with E-state index < -0.39 is 27.7 Å². The molecule has 1 saturated heterocycles. The van der Waals surface area contributed by atoms with Gasteiger partial charge in [-0.15, -0.1) is 0 Å². The lowest BCUT2D eigenvalue weighted by molar-refractivity contribution is -0.139. The summed E-state index contributed by atoms with van der Waals surface area (Å²) < 4.78 is 33.8. The van der Waals surface area contributed by atoms with Crippen LogP contribution in [0.15, 0.2) is 18.2 Å². The highest BCUT2D eigenvalue weighted by molar-refractivity contribution is 7.91. The van der Waals surface area contributed by atoms with E-state index in [1.165, 1.54) is 0 Å². The molecule has 1 unspecified atom stereocenters. The Morgan fingerprint density at radius 1 is 1.11 bits per heavy atom. The topological polar surface area (TPSA) is 111 Å². The molecule has 0 saturated carbocycles. The molecule has 2 rings (SSSR count). The number of benzene rings is 1. The van der Waals surface area contributed by atoms with Gasteiger partial charge in [-0.3, -0.25) is 9.59 Å². The van der Waals surface area contributed by atoms with Gasteiger partial charge in [0.05, 0.1) is 24.7 Å². The van der Waals surface area contributed by atoms with Crippen LogP contribution in [-0.2, 0) is 25.8 Å². The molecule has 1 atom stereocenters. The van der Waals surface area contributed by atoms with Crippen molar-refractivity contribution in [1.29, 1.82) is 0 Å². The first-order valence-electron chi connectivity index (χ1n) is 9.02. The van der Waals surface area contributed by atoms with Crippen molar-refractivity contribution in [2.24, 2.45) is 0 Å². The normalized spacial score (nSPS) is 17.9. The number of hydrogen-bond acceptors (Lipinski definition) is 6. The van der Waals surface area contributed by atoms with Crippen LogP contribution in [-0.4, -0.2) is 57.5 Å². The van der Waals surface area contributed by atoms with Gasteiger partial charge in [0.15, 0.2) is 21.3 Å². The molecule has 1 aliphatic heterocycles. The molecule has 0 radical (unpaired) electrons. The van der Waals surface area contributed by atoms with Crippen molar-refractivity contribution in [2.75, 3.05) is 31.3 Å². The molecule has 1 aromatic rings. The van der Waals surface area contributed by atoms with E-state index in [-0.39, 0.29) is 18.1 Å². The molecule has 0 bridgehead atoms. The minimum absolute atomic E-state index is 0.0411. The van der Waals surface area contributed by atoms with Gasteiger partial charge < -0.3 is 20.1 Å². The average molecular weight is 398 g/mol. The largest absolute Gasteiger partial charge is 0.490 e. The van der Waals surface area contributed by atoms with E-state index in [0.717, 1.165) is 5.56 Å². The van der Waals surface area contributed by atoms with Crippen LogP contribution in [0.5, 0.6) is 11.5 Å². The number of carbonyl (C=O) groups excluding carboxylic acids is 2. The summed E-state index contributed by atoms with van der Waals surface area (Å²) in [6, 6.07) is 5.06. The second-order valence-electron chi connectivity index (χ2n) is 6.23. The Hall–Kier alpha value is -2.29. The van der Waals surface area contributed by atoms with E-state index in [1.807, 2.05) is 32.0 Å². The van der Waals surface area contributed by atoms with Gasteiger partial charge in [-0.1, -0.05) is 6.07 Å². The SMILES string of the molecule is CCOc1ccc(CCNC(=O)C(=O)NC2CCS(=O)(=O)C2)cc1OCC. The molecule has 9 heteroatoms. The molecule has 0 spiro atoms. The fourth-order valence-corrected chi connectivity index (χ4v) is 4.48. The fraction of sp³-hybridized carbons (Fsp3) is 0.556. The standard InChI is InChI=1S/C18H26N2O6S/c1-3-25-15-6-5-13(11-16(15)26-4-2)7-9-19-17(21)18(22)20-14-8-10-27(23,24)12-14/h5-6,11,14H,3-4,7-10,12H2,1-2H3,(H,19,21)(H,20,22). The van der Waals surface area contributed by atoms with Crippen LogP contribution in [0.25, 0.3) is 0 Å². The van der Waals surface area contributed by atoms with Gasteiger partial charge in [0.1, 0.15) is 0 Å². The number of amides is 2. The van der Waals surface area contributed by atoms with Gasteiger partial charge in [-0.2, -0.15) is 0 Å². The van der Waals surface area contributed by atoms with Crippen molar-refractivity contribution < 1.29 is 27.5 Å². The molecule has 150 valence electrons. The Kier molecular flexibility index (Phi) is 7.46. The third kappa shape index (κ3) is 6.42. The third-order valence-corrected chi connectivity index (χ3v) is 5.85. The van der Waals surface area contributed by atoms with Gasteiger partial charge in [-0.25, -0.2) is 8.42 Å². The zero-order chi connectivity index (χ0) is 19.9. The van der Waals surface area contributed by atoms with Crippen molar-refractivity contribution in [2.45, 2.75) is 32.7 Å². The van der Waals surface area contributed by atoms with Gasteiger partial charge in [0.25, 0.3) is 0 Å².